The summed E-state index contributed by atoms with van der Waals surface area (Å²) in [7, 11) is 3.50. The van der Waals surface area contributed by atoms with E-state index in [-0.39, 0.29) is 5.82 Å². The normalized spacial score (nSPS) is 17.9. The second-order valence-corrected chi connectivity index (χ2v) is 5.90. The maximum atomic E-state index is 13.7. The second-order valence-electron chi connectivity index (χ2n) is 5.90. The van der Waals surface area contributed by atoms with Gasteiger partial charge in [0.1, 0.15) is 0 Å². The van der Waals surface area contributed by atoms with E-state index in [1.807, 2.05) is 13.1 Å². The molecule has 2 rings (SSSR count). The zero-order valence-electron chi connectivity index (χ0n) is 12.6. The molecule has 0 aromatic heterocycles. The largest absolute Gasteiger partial charge is 0.494 e. The van der Waals surface area contributed by atoms with E-state index in [1.165, 1.54) is 45.6 Å². The highest BCUT2D eigenvalue weighted by molar-refractivity contribution is 5.29. The van der Waals surface area contributed by atoms with Gasteiger partial charge in [0, 0.05) is 6.04 Å². The van der Waals surface area contributed by atoms with Crippen molar-refractivity contribution in [1.82, 2.24) is 5.32 Å². The van der Waals surface area contributed by atoms with E-state index in [0.717, 1.165) is 17.9 Å². The molecule has 0 spiro atoms. The summed E-state index contributed by atoms with van der Waals surface area (Å²) in [5.41, 5.74) is 1.04. The van der Waals surface area contributed by atoms with Crippen molar-refractivity contribution in [3.63, 3.8) is 0 Å². The van der Waals surface area contributed by atoms with Crippen molar-refractivity contribution in [2.45, 2.75) is 51.0 Å². The van der Waals surface area contributed by atoms with Gasteiger partial charge in [-0.05, 0) is 43.5 Å². The number of hydrogen-bond acceptors (Lipinski definition) is 2. The summed E-state index contributed by atoms with van der Waals surface area (Å²) in [5, 5.41) is 3.39. The third kappa shape index (κ3) is 4.20. The Labute approximate surface area is 121 Å². The van der Waals surface area contributed by atoms with Crippen molar-refractivity contribution in [3.05, 3.63) is 29.6 Å². The van der Waals surface area contributed by atoms with Gasteiger partial charge in [0.2, 0.25) is 0 Å². The van der Waals surface area contributed by atoms with Crippen LogP contribution in [0.15, 0.2) is 18.2 Å². The zero-order valence-corrected chi connectivity index (χ0v) is 12.6. The third-order valence-corrected chi connectivity index (χ3v) is 4.45. The Morgan fingerprint density at radius 1 is 1.30 bits per heavy atom. The maximum absolute atomic E-state index is 13.7. The van der Waals surface area contributed by atoms with Crippen LogP contribution in [0.3, 0.4) is 0 Å². The Balaban J connectivity index is 1.93. The number of ether oxygens (including phenoxy) is 1. The molecule has 1 aromatic rings. The maximum Gasteiger partial charge on any atom is 0.165 e. The van der Waals surface area contributed by atoms with E-state index in [1.54, 1.807) is 12.1 Å². The van der Waals surface area contributed by atoms with Gasteiger partial charge in [-0.25, -0.2) is 4.39 Å². The summed E-state index contributed by atoms with van der Waals surface area (Å²) in [5.74, 6) is 0.892. The van der Waals surface area contributed by atoms with Gasteiger partial charge in [0.05, 0.1) is 7.11 Å². The first-order chi connectivity index (χ1) is 9.72. The molecule has 1 aliphatic rings. The third-order valence-electron chi connectivity index (χ3n) is 4.45. The lowest BCUT2D eigenvalue weighted by atomic mass is 9.83. The number of methoxy groups -OCH3 is 1. The monoisotopic (exact) mass is 279 g/mol. The van der Waals surface area contributed by atoms with Crippen LogP contribution in [-0.2, 0) is 6.42 Å². The first-order valence-corrected chi connectivity index (χ1v) is 7.72. The highest BCUT2D eigenvalue weighted by Crippen LogP contribution is 2.28. The van der Waals surface area contributed by atoms with Crippen LogP contribution < -0.4 is 10.1 Å². The zero-order chi connectivity index (χ0) is 14.4. The van der Waals surface area contributed by atoms with Crippen LogP contribution in [0.2, 0.25) is 0 Å². The summed E-state index contributed by atoms with van der Waals surface area (Å²) in [4.78, 5) is 0. The van der Waals surface area contributed by atoms with Crippen molar-refractivity contribution >= 4 is 0 Å². The molecule has 2 nitrogen and oxygen atoms in total. The molecule has 0 bridgehead atoms. The van der Waals surface area contributed by atoms with Gasteiger partial charge in [-0.1, -0.05) is 38.2 Å². The summed E-state index contributed by atoms with van der Waals surface area (Å²) < 4.78 is 18.7. The Hall–Kier alpha value is -1.09. The van der Waals surface area contributed by atoms with Crippen LogP contribution in [0.25, 0.3) is 0 Å². The van der Waals surface area contributed by atoms with E-state index in [2.05, 4.69) is 5.32 Å². The number of hydrogen-bond donors (Lipinski definition) is 1. The summed E-state index contributed by atoms with van der Waals surface area (Å²) in [6, 6.07) is 5.72. The van der Waals surface area contributed by atoms with Crippen molar-refractivity contribution < 1.29 is 9.13 Å². The predicted octanol–water partition coefficient (Wildman–Crippen LogP) is 3.94. The van der Waals surface area contributed by atoms with Crippen LogP contribution >= 0.6 is 0 Å². The quantitative estimate of drug-likeness (QED) is 0.851. The van der Waals surface area contributed by atoms with Gasteiger partial charge in [0.25, 0.3) is 0 Å². The van der Waals surface area contributed by atoms with E-state index >= 15 is 0 Å². The van der Waals surface area contributed by atoms with Crippen molar-refractivity contribution in [2.75, 3.05) is 14.2 Å². The number of benzene rings is 1. The Bertz CT molecular complexity index is 415. The number of rotatable bonds is 6. The molecule has 0 radical (unpaired) electrons. The number of halogens is 1. The van der Waals surface area contributed by atoms with E-state index < -0.39 is 0 Å². The molecule has 112 valence electrons. The fraction of sp³-hybridized carbons (Fsp3) is 0.647. The molecule has 20 heavy (non-hydrogen) atoms. The lowest BCUT2D eigenvalue weighted by Crippen LogP contribution is -2.30. The highest BCUT2D eigenvalue weighted by atomic mass is 19.1. The van der Waals surface area contributed by atoms with E-state index in [4.69, 9.17) is 4.74 Å². The minimum absolute atomic E-state index is 0.266. The minimum Gasteiger partial charge on any atom is -0.494 e. The molecule has 1 saturated carbocycles. The van der Waals surface area contributed by atoms with Gasteiger partial charge < -0.3 is 10.1 Å². The van der Waals surface area contributed by atoms with Crippen LogP contribution in [0.4, 0.5) is 4.39 Å². The lowest BCUT2D eigenvalue weighted by molar-refractivity contribution is 0.302. The van der Waals surface area contributed by atoms with Gasteiger partial charge in [-0.3, -0.25) is 0 Å². The molecule has 0 heterocycles. The van der Waals surface area contributed by atoms with E-state index in [0.29, 0.717) is 11.8 Å². The van der Waals surface area contributed by atoms with Crippen molar-refractivity contribution in [3.8, 4) is 5.75 Å². The molecule has 0 amide bonds. The minimum atomic E-state index is -0.266. The van der Waals surface area contributed by atoms with Gasteiger partial charge in [-0.15, -0.1) is 0 Å². The standard InChI is InChI=1S/C17H26FNO/c1-19-15(10-13-6-4-3-5-7-13)11-14-8-9-17(20-2)16(18)12-14/h8-9,12-13,15,19H,3-7,10-11H2,1-2H3. The second kappa shape index (κ2) is 7.63. The van der Waals surface area contributed by atoms with Gasteiger partial charge >= 0.3 is 0 Å². The Morgan fingerprint density at radius 2 is 2.05 bits per heavy atom. The average molecular weight is 279 g/mol. The SMILES string of the molecule is CNC(Cc1ccc(OC)c(F)c1)CC1CCCCC1. The first kappa shape index (κ1) is 15.3. The molecule has 0 saturated heterocycles. The summed E-state index contributed by atoms with van der Waals surface area (Å²) in [6.07, 6.45) is 8.93. The van der Waals surface area contributed by atoms with Crippen LogP contribution in [0, 0.1) is 11.7 Å². The fourth-order valence-electron chi connectivity index (χ4n) is 3.25. The molecular weight excluding hydrogens is 253 g/mol. The number of nitrogens with one attached hydrogen (secondary N) is 1. The topological polar surface area (TPSA) is 21.3 Å². The molecule has 1 aliphatic carbocycles. The molecular formula is C17H26FNO. The van der Waals surface area contributed by atoms with Crippen molar-refractivity contribution in [2.24, 2.45) is 5.92 Å². The van der Waals surface area contributed by atoms with Crippen molar-refractivity contribution in [1.29, 1.82) is 0 Å². The molecule has 1 fully saturated rings. The Morgan fingerprint density at radius 3 is 2.65 bits per heavy atom. The molecule has 1 N–H and O–H groups in total. The van der Waals surface area contributed by atoms with E-state index in [9.17, 15) is 4.39 Å². The lowest BCUT2D eigenvalue weighted by Gasteiger charge is -2.26. The molecule has 1 atom stereocenters. The van der Waals surface area contributed by atoms with Crippen LogP contribution in [-0.4, -0.2) is 20.2 Å². The number of likely N-dealkylation sites (N-methyl/N-ethyl adjacent to an activating group) is 1. The highest BCUT2D eigenvalue weighted by Gasteiger charge is 2.18. The predicted molar refractivity (Wildman–Crippen MR) is 80.7 cm³/mol. The van der Waals surface area contributed by atoms with Crippen LogP contribution in [0.5, 0.6) is 5.75 Å². The summed E-state index contributed by atoms with van der Waals surface area (Å²) >= 11 is 0. The average Bonchev–Trinajstić information content (AvgIpc) is 2.48. The molecule has 1 aromatic carbocycles. The molecule has 0 aliphatic heterocycles. The molecule has 1 unspecified atom stereocenters. The molecule has 3 heteroatoms. The smallest absolute Gasteiger partial charge is 0.165 e. The van der Waals surface area contributed by atoms with Crippen LogP contribution in [0.1, 0.15) is 44.1 Å². The summed E-state index contributed by atoms with van der Waals surface area (Å²) in [6.45, 7) is 0. The first-order valence-electron chi connectivity index (χ1n) is 7.72. The Kier molecular flexibility index (Phi) is 5.84. The fourth-order valence-corrected chi connectivity index (χ4v) is 3.25. The van der Waals surface area contributed by atoms with Gasteiger partial charge in [0.15, 0.2) is 11.6 Å². The van der Waals surface area contributed by atoms with Gasteiger partial charge in [-0.2, -0.15) is 0 Å².